The van der Waals surface area contributed by atoms with Crippen molar-refractivity contribution in [2.45, 2.75) is 37.4 Å². The summed E-state index contributed by atoms with van der Waals surface area (Å²) < 4.78 is 0. The third-order valence-corrected chi connectivity index (χ3v) is 6.88. The minimum atomic E-state index is -0.311. The number of carbonyl (C=O) groups is 2. The summed E-state index contributed by atoms with van der Waals surface area (Å²) in [6.07, 6.45) is 3.49. The van der Waals surface area contributed by atoms with Crippen molar-refractivity contribution in [1.82, 2.24) is 15.5 Å². The first kappa shape index (κ1) is 26.3. The van der Waals surface area contributed by atoms with Gasteiger partial charge >= 0.3 is 0 Å². The van der Waals surface area contributed by atoms with Gasteiger partial charge in [0.2, 0.25) is 0 Å². The first-order valence-electron chi connectivity index (χ1n) is 12.9. The number of nitrogens with zero attached hydrogens (tertiary/aromatic N) is 2. The van der Waals surface area contributed by atoms with Gasteiger partial charge in [-0.05, 0) is 47.7 Å². The molecule has 1 aliphatic heterocycles. The lowest BCUT2D eigenvalue weighted by molar-refractivity contribution is -0.112. The zero-order valence-electron chi connectivity index (χ0n) is 21.1. The molecule has 37 heavy (non-hydrogen) atoms. The van der Waals surface area contributed by atoms with Crippen LogP contribution < -0.4 is 22.1 Å². The Labute approximate surface area is 218 Å². The molecule has 0 aromatic heterocycles. The second-order valence-electron chi connectivity index (χ2n) is 9.56. The van der Waals surface area contributed by atoms with Crippen LogP contribution in [0.2, 0.25) is 0 Å². The van der Waals surface area contributed by atoms with Gasteiger partial charge < -0.3 is 26.9 Å². The van der Waals surface area contributed by atoms with Crippen LogP contribution in [0.4, 0.5) is 0 Å². The first-order chi connectivity index (χ1) is 18.0. The van der Waals surface area contributed by atoms with Crippen LogP contribution in [0.15, 0.2) is 77.8 Å². The molecule has 1 amide bonds. The fourth-order valence-electron chi connectivity index (χ4n) is 4.97. The molecule has 1 fully saturated rings. The molecule has 3 aromatic rings. The summed E-state index contributed by atoms with van der Waals surface area (Å²) in [4.78, 5) is 31.4. The highest BCUT2D eigenvalue weighted by Crippen LogP contribution is 2.22. The van der Waals surface area contributed by atoms with Crippen LogP contribution in [-0.2, 0) is 4.79 Å². The second-order valence-corrected chi connectivity index (χ2v) is 9.56. The molecule has 1 saturated heterocycles. The van der Waals surface area contributed by atoms with E-state index in [1.165, 1.54) is 0 Å². The van der Waals surface area contributed by atoms with Gasteiger partial charge in [-0.1, -0.05) is 60.7 Å². The fraction of sp³-hybridized carbons (Fsp3) is 0.345. The number of nitrogens with two attached hydrogens (primary N) is 2. The van der Waals surface area contributed by atoms with Crippen molar-refractivity contribution in [1.29, 1.82) is 0 Å². The molecule has 1 aliphatic rings. The molecule has 6 N–H and O–H groups in total. The van der Waals surface area contributed by atoms with Crippen LogP contribution in [-0.4, -0.2) is 61.3 Å². The lowest BCUT2D eigenvalue weighted by Gasteiger charge is -2.29. The molecule has 4 rings (SSSR count). The monoisotopic (exact) mass is 500 g/mol. The number of rotatable bonds is 10. The minimum Gasteiger partial charge on any atom is -0.370 e. The first-order valence-corrected chi connectivity index (χ1v) is 12.9. The maximum Gasteiger partial charge on any atom is 0.251 e. The molecular weight excluding hydrogens is 464 g/mol. The van der Waals surface area contributed by atoms with E-state index in [4.69, 9.17) is 11.5 Å². The van der Waals surface area contributed by atoms with Gasteiger partial charge in [0.1, 0.15) is 6.29 Å². The summed E-state index contributed by atoms with van der Waals surface area (Å²) in [5.74, 6) is 0.00264. The highest BCUT2D eigenvalue weighted by atomic mass is 16.1. The Balaban J connectivity index is 1.42. The van der Waals surface area contributed by atoms with Crippen LogP contribution in [0.5, 0.6) is 0 Å². The summed E-state index contributed by atoms with van der Waals surface area (Å²) in [5.41, 5.74) is 12.6. The van der Waals surface area contributed by atoms with Crippen LogP contribution in [0, 0.1) is 0 Å². The number of hydrogen-bond acceptors (Lipinski definition) is 5. The summed E-state index contributed by atoms with van der Waals surface area (Å²) in [6.45, 7) is 2.52. The Morgan fingerprint density at radius 3 is 2.57 bits per heavy atom. The van der Waals surface area contributed by atoms with Crippen molar-refractivity contribution in [3.63, 3.8) is 0 Å². The normalized spacial score (nSPS) is 19.0. The predicted octanol–water partition coefficient (Wildman–Crippen LogP) is 2.60. The summed E-state index contributed by atoms with van der Waals surface area (Å²) >= 11 is 0. The molecule has 0 aliphatic carbocycles. The second kappa shape index (κ2) is 13.0. The maximum absolute atomic E-state index is 12.9. The molecule has 1 unspecified atom stereocenters. The van der Waals surface area contributed by atoms with E-state index in [1.54, 1.807) is 0 Å². The van der Waals surface area contributed by atoms with E-state index in [2.05, 4.69) is 20.5 Å². The Hall–Kier alpha value is -3.75. The summed E-state index contributed by atoms with van der Waals surface area (Å²) in [5, 5.41) is 8.98. The van der Waals surface area contributed by atoms with E-state index in [0.29, 0.717) is 18.7 Å². The standard InChI is InChI=1S/C29H36N6O2/c30-29(31)32-15-6-11-26-19-35(27(20-36)22-8-2-1-3-9-22)16-14-25(34-26)18-33-28(37)24-13-12-21-7-4-5-10-23(21)17-24/h1-5,7-10,12-13,17,20,25-27,34H,6,11,14-16,18-19H2,(H,33,37)(H4,30,31,32)/t25-,26-,27?/m0/s1. The molecule has 0 radical (unpaired) electrons. The van der Waals surface area contributed by atoms with Crippen molar-refractivity contribution >= 4 is 28.9 Å². The molecule has 3 atom stereocenters. The highest BCUT2D eigenvalue weighted by molar-refractivity contribution is 5.98. The Morgan fingerprint density at radius 1 is 1.05 bits per heavy atom. The molecule has 1 heterocycles. The maximum atomic E-state index is 12.9. The van der Waals surface area contributed by atoms with Gasteiger partial charge in [-0.25, -0.2) is 0 Å². The lowest BCUT2D eigenvalue weighted by Crippen LogP contribution is -2.46. The van der Waals surface area contributed by atoms with Crippen LogP contribution in [0.25, 0.3) is 10.8 Å². The van der Waals surface area contributed by atoms with Crippen molar-refractivity contribution in [3.05, 3.63) is 83.9 Å². The highest BCUT2D eigenvalue weighted by Gasteiger charge is 2.28. The molecule has 0 bridgehead atoms. The largest absolute Gasteiger partial charge is 0.370 e. The molecule has 3 aromatic carbocycles. The molecule has 8 nitrogen and oxygen atoms in total. The third kappa shape index (κ3) is 7.38. The summed E-state index contributed by atoms with van der Waals surface area (Å²) in [7, 11) is 0. The average molecular weight is 501 g/mol. The van der Waals surface area contributed by atoms with Crippen LogP contribution in [0.3, 0.4) is 0 Å². The van der Waals surface area contributed by atoms with Crippen molar-refractivity contribution in [2.75, 3.05) is 26.2 Å². The van der Waals surface area contributed by atoms with Crippen LogP contribution in [0.1, 0.15) is 41.2 Å². The molecule has 194 valence electrons. The topological polar surface area (TPSA) is 126 Å². The number of carbonyl (C=O) groups excluding carboxylic acids is 2. The number of guanidine groups is 1. The molecule has 8 heteroatoms. The van der Waals surface area contributed by atoms with E-state index >= 15 is 0 Å². The van der Waals surface area contributed by atoms with Gasteiger partial charge in [-0.2, -0.15) is 0 Å². The van der Waals surface area contributed by atoms with Gasteiger partial charge in [0.25, 0.3) is 5.91 Å². The van der Waals surface area contributed by atoms with Crippen molar-refractivity contribution in [2.24, 2.45) is 16.5 Å². The number of aliphatic imine (C=N–C) groups is 1. The van der Waals surface area contributed by atoms with E-state index < -0.39 is 0 Å². The Bertz CT molecular complexity index is 1210. The predicted molar refractivity (Wildman–Crippen MR) is 148 cm³/mol. The number of benzene rings is 3. The van der Waals surface area contributed by atoms with Gasteiger partial charge in [-0.3, -0.25) is 14.7 Å². The number of amides is 1. The van der Waals surface area contributed by atoms with Gasteiger partial charge in [0.15, 0.2) is 5.96 Å². The third-order valence-electron chi connectivity index (χ3n) is 6.88. The zero-order valence-corrected chi connectivity index (χ0v) is 21.1. The quantitative estimate of drug-likeness (QED) is 0.147. The lowest BCUT2D eigenvalue weighted by atomic mass is 10.0. The fourth-order valence-corrected chi connectivity index (χ4v) is 4.97. The number of aldehydes is 1. The Kier molecular flexibility index (Phi) is 9.24. The number of hydrogen-bond donors (Lipinski definition) is 4. The van der Waals surface area contributed by atoms with Gasteiger partial charge in [0.05, 0.1) is 6.04 Å². The number of nitrogens with one attached hydrogen (secondary N) is 2. The molecule has 0 saturated carbocycles. The zero-order chi connectivity index (χ0) is 26.0. The van der Waals surface area contributed by atoms with Crippen molar-refractivity contribution < 1.29 is 9.59 Å². The summed E-state index contributed by atoms with van der Waals surface area (Å²) in [6, 6.07) is 23.5. The van der Waals surface area contributed by atoms with Gasteiger partial charge in [-0.15, -0.1) is 0 Å². The average Bonchev–Trinajstić information content (AvgIpc) is 3.12. The van der Waals surface area contributed by atoms with E-state index in [9.17, 15) is 9.59 Å². The smallest absolute Gasteiger partial charge is 0.251 e. The molecule has 0 spiro atoms. The van der Waals surface area contributed by atoms with Crippen molar-refractivity contribution in [3.8, 4) is 0 Å². The molecular formula is C29H36N6O2. The number of fused-ring (bicyclic) bond motifs is 1. The van der Waals surface area contributed by atoms with Crippen LogP contribution >= 0.6 is 0 Å². The van der Waals surface area contributed by atoms with E-state index in [0.717, 1.165) is 55.0 Å². The van der Waals surface area contributed by atoms with Gasteiger partial charge in [0, 0.05) is 43.8 Å². The SMILES string of the molecule is NC(N)=NCCC[C@H]1CN(C(C=O)c2ccccc2)CC[C@@H](CNC(=O)c2ccc3ccccc3c2)N1. The van der Waals surface area contributed by atoms with E-state index in [1.807, 2.05) is 72.8 Å². The van der Waals surface area contributed by atoms with E-state index in [-0.39, 0.29) is 30.0 Å². The minimum absolute atomic E-state index is 0.0746. The Morgan fingerprint density at radius 2 is 1.81 bits per heavy atom.